The Hall–Kier alpha value is -3.69. The van der Waals surface area contributed by atoms with Crippen molar-refractivity contribution in [2.75, 3.05) is 18.4 Å². The lowest BCUT2D eigenvalue weighted by Gasteiger charge is -2.31. The highest BCUT2D eigenvalue weighted by Crippen LogP contribution is 2.35. The summed E-state index contributed by atoms with van der Waals surface area (Å²) in [6.45, 7) is 5.30. The Kier molecular flexibility index (Phi) is 6.04. The van der Waals surface area contributed by atoms with Gasteiger partial charge in [0.05, 0.1) is 29.7 Å². The summed E-state index contributed by atoms with van der Waals surface area (Å²) in [6.07, 6.45) is 9.94. The largest absolute Gasteiger partial charge is 0.366 e. The van der Waals surface area contributed by atoms with E-state index in [1.807, 2.05) is 11.7 Å². The van der Waals surface area contributed by atoms with Crippen molar-refractivity contribution in [2.24, 2.45) is 7.05 Å². The molecular weight excluding hydrogens is 432 g/mol. The number of H-pyrrole nitrogens is 1. The summed E-state index contributed by atoms with van der Waals surface area (Å²) in [7, 11) is 1.91. The van der Waals surface area contributed by atoms with Gasteiger partial charge in [0.2, 0.25) is 5.91 Å². The summed E-state index contributed by atoms with van der Waals surface area (Å²) in [6, 6.07) is 2.28. The van der Waals surface area contributed by atoms with E-state index in [1.165, 1.54) is 25.3 Å². The summed E-state index contributed by atoms with van der Waals surface area (Å²) >= 11 is 0. The monoisotopic (exact) mass is 462 g/mol. The Bertz CT molecular complexity index is 1220. The second-order valence-corrected chi connectivity index (χ2v) is 9.10. The van der Waals surface area contributed by atoms with Crippen LogP contribution in [0.15, 0.2) is 31.1 Å². The van der Waals surface area contributed by atoms with Crippen LogP contribution < -0.4 is 10.6 Å². The smallest absolute Gasteiger partial charge is 0.255 e. The summed E-state index contributed by atoms with van der Waals surface area (Å²) in [5.74, 6) is 0.931. The first-order chi connectivity index (χ1) is 16.5. The highest BCUT2D eigenvalue weighted by Gasteiger charge is 2.24. The van der Waals surface area contributed by atoms with Crippen molar-refractivity contribution in [3.63, 3.8) is 0 Å². The van der Waals surface area contributed by atoms with Gasteiger partial charge in [-0.05, 0) is 37.8 Å². The van der Waals surface area contributed by atoms with Crippen LogP contribution >= 0.6 is 0 Å². The number of nitrogens with one attached hydrogen (secondary N) is 3. The Morgan fingerprint density at radius 2 is 2.06 bits per heavy atom. The Morgan fingerprint density at radius 1 is 1.26 bits per heavy atom. The molecule has 2 fully saturated rings. The quantitative estimate of drug-likeness (QED) is 0.464. The molecule has 0 radical (unpaired) electrons. The summed E-state index contributed by atoms with van der Waals surface area (Å²) < 4.78 is 1.85. The highest BCUT2D eigenvalue weighted by molar-refractivity contribution is 6.04. The average Bonchev–Trinajstić information content (AvgIpc) is 3.39. The number of amides is 2. The molecule has 0 bridgehead atoms. The van der Waals surface area contributed by atoms with Gasteiger partial charge in [-0.3, -0.25) is 14.3 Å². The molecule has 34 heavy (non-hydrogen) atoms. The fraction of sp³-hybridized carbons (Fsp3) is 0.458. The minimum Gasteiger partial charge on any atom is -0.366 e. The van der Waals surface area contributed by atoms with Gasteiger partial charge < -0.3 is 20.5 Å². The van der Waals surface area contributed by atoms with Crippen LogP contribution in [0, 0.1) is 0 Å². The van der Waals surface area contributed by atoms with Crippen LogP contribution in [0.3, 0.4) is 0 Å². The molecule has 4 heterocycles. The summed E-state index contributed by atoms with van der Waals surface area (Å²) in [5, 5.41) is 11.0. The molecule has 10 heteroatoms. The second-order valence-electron chi connectivity index (χ2n) is 9.10. The SMILES string of the molecule is C=CC(=O)N1CCC(Nc2cnc3[nH]cc(C(=O)NCc4cc(C5CCC5)nn4C)c3n2)CC1. The molecule has 1 saturated heterocycles. The first-order valence-corrected chi connectivity index (χ1v) is 11.8. The van der Waals surface area contributed by atoms with E-state index in [4.69, 9.17) is 0 Å². The lowest BCUT2D eigenvalue weighted by Crippen LogP contribution is -2.41. The van der Waals surface area contributed by atoms with Gasteiger partial charge in [0, 0.05) is 38.3 Å². The minimum absolute atomic E-state index is 0.0342. The first-order valence-electron chi connectivity index (χ1n) is 11.8. The first kappa shape index (κ1) is 22.1. The normalized spacial score (nSPS) is 16.9. The number of carbonyl (C=O) groups is 2. The van der Waals surface area contributed by atoms with Crippen molar-refractivity contribution >= 4 is 28.8 Å². The number of nitrogens with zero attached hydrogens (tertiary/aromatic N) is 5. The molecule has 1 saturated carbocycles. The number of rotatable bonds is 7. The van der Waals surface area contributed by atoms with Gasteiger partial charge in [-0.15, -0.1) is 0 Å². The van der Waals surface area contributed by atoms with Crippen molar-refractivity contribution in [1.29, 1.82) is 0 Å². The van der Waals surface area contributed by atoms with E-state index in [2.05, 4.69) is 43.3 Å². The zero-order valence-electron chi connectivity index (χ0n) is 19.4. The predicted octanol–water partition coefficient (Wildman–Crippen LogP) is 2.48. The standard InChI is InChI=1S/C24H30N8O2/c1-3-21(33)32-9-7-16(8-10-32)28-20-14-26-23-22(29-20)18(13-25-23)24(34)27-12-17-11-19(30-31(17)2)15-5-4-6-15/h3,11,13-16H,1,4-10,12H2,2H3,(H,25,26)(H,27,34)(H,28,29). The lowest BCUT2D eigenvalue weighted by atomic mass is 9.83. The van der Waals surface area contributed by atoms with E-state index in [-0.39, 0.29) is 17.9 Å². The highest BCUT2D eigenvalue weighted by atomic mass is 16.2. The molecule has 0 aromatic carbocycles. The molecule has 1 aliphatic heterocycles. The molecule has 3 aromatic rings. The number of fused-ring (bicyclic) bond motifs is 1. The summed E-state index contributed by atoms with van der Waals surface area (Å²) in [5.41, 5.74) is 3.65. The number of aromatic amines is 1. The van der Waals surface area contributed by atoms with E-state index in [0.717, 1.165) is 24.2 Å². The molecule has 0 unspecified atom stereocenters. The van der Waals surface area contributed by atoms with Crippen molar-refractivity contribution < 1.29 is 9.59 Å². The topological polar surface area (TPSA) is 121 Å². The van der Waals surface area contributed by atoms with E-state index in [9.17, 15) is 9.59 Å². The number of carbonyl (C=O) groups excluding carboxylic acids is 2. The fourth-order valence-electron chi connectivity index (χ4n) is 4.58. The van der Waals surface area contributed by atoms with Crippen molar-refractivity contribution in [2.45, 2.75) is 50.6 Å². The molecular formula is C24H30N8O2. The maximum Gasteiger partial charge on any atom is 0.255 e. The van der Waals surface area contributed by atoms with Gasteiger partial charge >= 0.3 is 0 Å². The molecule has 5 rings (SSSR count). The molecule has 3 N–H and O–H groups in total. The Labute approximate surface area is 197 Å². The average molecular weight is 463 g/mol. The third-order valence-electron chi connectivity index (χ3n) is 6.91. The van der Waals surface area contributed by atoms with Gasteiger partial charge in [0.25, 0.3) is 5.91 Å². The number of hydrogen-bond acceptors (Lipinski definition) is 6. The van der Waals surface area contributed by atoms with Gasteiger partial charge in [0.15, 0.2) is 5.65 Å². The number of aromatic nitrogens is 5. The fourth-order valence-corrected chi connectivity index (χ4v) is 4.58. The van der Waals surface area contributed by atoms with Crippen LogP contribution in [-0.4, -0.2) is 60.6 Å². The van der Waals surface area contributed by atoms with Crippen LogP contribution in [0.25, 0.3) is 11.2 Å². The van der Waals surface area contributed by atoms with Gasteiger partial charge in [-0.25, -0.2) is 9.97 Å². The third-order valence-corrected chi connectivity index (χ3v) is 6.91. The molecule has 0 spiro atoms. The van der Waals surface area contributed by atoms with Crippen LogP contribution in [0.1, 0.15) is 59.8 Å². The third kappa shape index (κ3) is 4.40. The molecule has 10 nitrogen and oxygen atoms in total. The van der Waals surface area contributed by atoms with Gasteiger partial charge in [-0.1, -0.05) is 13.0 Å². The molecule has 3 aromatic heterocycles. The lowest BCUT2D eigenvalue weighted by molar-refractivity contribution is -0.126. The molecule has 1 aliphatic carbocycles. The molecule has 0 atom stereocenters. The number of piperidine rings is 1. The van der Waals surface area contributed by atoms with Gasteiger partial charge in [0.1, 0.15) is 11.3 Å². The van der Waals surface area contributed by atoms with E-state index >= 15 is 0 Å². The zero-order valence-corrected chi connectivity index (χ0v) is 19.4. The molecule has 2 amide bonds. The maximum atomic E-state index is 12.9. The molecule has 178 valence electrons. The van der Waals surface area contributed by atoms with Crippen LogP contribution in [0.5, 0.6) is 0 Å². The van der Waals surface area contributed by atoms with E-state index in [0.29, 0.717) is 48.1 Å². The summed E-state index contributed by atoms with van der Waals surface area (Å²) in [4.78, 5) is 38.6. The van der Waals surface area contributed by atoms with Crippen molar-refractivity contribution in [1.82, 2.24) is 34.9 Å². The zero-order chi connectivity index (χ0) is 23.7. The minimum atomic E-state index is -0.208. The van der Waals surface area contributed by atoms with E-state index in [1.54, 1.807) is 17.3 Å². The van der Waals surface area contributed by atoms with Crippen molar-refractivity contribution in [3.05, 3.63) is 48.1 Å². The van der Waals surface area contributed by atoms with Gasteiger partial charge in [-0.2, -0.15) is 5.10 Å². The van der Waals surface area contributed by atoms with Crippen LogP contribution in [-0.2, 0) is 18.4 Å². The number of anilines is 1. The number of aryl methyl sites for hydroxylation is 1. The predicted molar refractivity (Wildman–Crippen MR) is 128 cm³/mol. The van der Waals surface area contributed by atoms with Crippen LogP contribution in [0.4, 0.5) is 5.82 Å². The second kappa shape index (κ2) is 9.28. The number of likely N-dealkylation sites (tertiary alicyclic amines) is 1. The molecule has 2 aliphatic rings. The maximum absolute atomic E-state index is 12.9. The van der Waals surface area contributed by atoms with E-state index < -0.39 is 0 Å². The Morgan fingerprint density at radius 3 is 2.76 bits per heavy atom. The Balaban J connectivity index is 1.23. The number of hydrogen-bond donors (Lipinski definition) is 3. The van der Waals surface area contributed by atoms with Crippen LogP contribution in [0.2, 0.25) is 0 Å². The van der Waals surface area contributed by atoms with Crippen molar-refractivity contribution in [3.8, 4) is 0 Å².